The Hall–Kier alpha value is 0.312. The highest BCUT2D eigenvalue weighted by Gasteiger charge is 2.42. The summed E-state index contributed by atoms with van der Waals surface area (Å²) in [4.78, 5) is 0. The Morgan fingerprint density at radius 1 is 1.22 bits per heavy atom. The maximum absolute atomic E-state index is 6.60. The van der Waals surface area contributed by atoms with Crippen LogP contribution >= 0.6 is 11.1 Å². The third kappa shape index (κ3) is 3.45. The van der Waals surface area contributed by atoms with Gasteiger partial charge in [0.15, 0.2) is 14.8 Å². The molecule has 0 saturated carbocycles. The zero-order chi connectivity index (χ0) is 13.0. The predicted octanol–water partition coefficient (Wildman–Crippen LogP) is 5.64. The van der Waals surface area contributed by atoms with Gasteiger partial charge in [0.2, 0.25) is 0 Å². The summed E-state index contributed by atoms with van der Waals surface area (Å²) in [5.74, 6) is 1.95. The van der Waals surface area contributed by atoms with E-state index in [4.69, 9.17) is 11.1 Å². The number of halogens is 1. The van der Waals surface area contributed by atoms with Gasteiger partial charge in [-0.25, -0.2) is 0 Å². The summed E-state index contributed by atoms with van der Waals surface area (Å²) in [6.45, 7) is 5.44. The van der Waals surface area contributed by atoms with E-state index in [0.717, 1.165) is 18.3 Å². The average Bonchev–Trinajstić information content (AvgIpc) is 2.33. The van der Waals surface area contributed by atoms with E-state index >= 15 is 0 Å². The molecule has 2 rings (SSSR count). The van der Waals surface area contributed by atoms with Crippen LogP contribution in [0.4, 0.5) is 0 Å². The molecule has 101 valence electrons. The average molecular weight is 282 g/mol. The maximum Gasteiger partial charge on any atom is 0.183 e. The highest BCUT2D eigenvalue weighted by atomic mass is 35.6. The van der Waals surface area contributed by atoms with Crippen LogP contribution < -0.4 is 0 Å². The zero-order valence-corrected chi connectivity index (χ0v) is 13.8. The van der Waals surface area contributed by atoms with Crippen LogP contribution in [0.3, 0.4) is 0 Å². The second-order valence-electron chi connectivity index (χ2n) is 6.24. The molecule has 2 saturated heterocycles. The Morgan fingerprint density at radius 2 is 1.78 bits per heavy atom. The van der Waals surface area contributed by atoms with Crippen molar-refractivity contribution in [1.29, 1.82) is 0 Å². The number of fused-ring (bicyclic) bond motifs is 2. The molecule has 0 aliphatic carbocycles. The molecule has 2 heterocycles. The van der Waals surface area contributed by atoms with E-state index in [-0.39, 0.29) is 0 Å². The van der Waals surface area contributed by atoms with Crippen molar-refractivity contribution in [2.24, 2.45) is 0 Å². The van der Waals surface area contributed by atoms with Gasteiger partial charge in [-0.05, 0) is 6.42 Å². The van der Waals surface area contributed by atoms with Gasteiger partial charge in [0.05, 0.1) is 0 Å². The summed E-state index contributed by atoms with van der Waals surface area (Å²) in [6, 6.07) is 0. The van der Waals surface area contributed by atoms with Crippen LogP contribution in [0.25, 0.3) is 0 Å². The molecule has 0 atom stereocenters. The lowest BCUT2D eigenvalue weighted by atomic mass is 9.27. The molecule has 1 radical (unpaired) electrons. The lowest BCUT2D eigenvalue weighted by Crippen LogP contribution is -2.39. The van der Waals surface area contributed by atoms with E-state index in [0.29, 0.717) is 0 Å². The van der Waals surface area contributed by atoms with Gasteiger partial charge < -0.3 is 0 Å². The summed E-state index contributed by atoms with van der Waals surface area (Å²) in [5, 5.41) is 1.70. The smallest absolute Gasteiger partial charge is 0.164 e. The van der Waals surface area contributed by atoms with Gasteiger partial charge in [-0.2, -0.15) is 11.1 Å². The number of rotatable bonds is 5. The molecule has 0 spiro atoms. The van der Waals surface area contributed by atoms with Gasteiger partial charge in [0.1, 0.15) is 0 Å². The van der Waals surface area contributed by atoms with E-state index in [1.54, 1.807) is 5.10 Å². The highest BCUT2D eigenvalue weighted by molar-refractivity contribution is 7.16. The van der Waals surface area contributed by atoms with Crippen molar-refractivity contribution in [3.05, 3.63) is 11.2 Å². The largest absolute Gasteiger partial charge is 0.183 e. The molecule has 0 aromatic rings. The number of hydrogen-bond donors (Lipinski definition) is 0. The minimum Gasteiger partial charge on any atom is -0.164 e. The fourth-order valence-corrected chi connectivity index (χ4v) is 6.12. The fraction of sp³-hybridized carbons (Fsp3) is 0.867. The Morgan fingerprint density at radius 3 is 2.22 bits per heavy atom. The van der Waals surface area contributed by atoms with E-state index in [1.807, 2.05) is 0 Å². The van der Waals surface area contributed by atoms with Crippen LogP contribution in [0.15, 0.2) is 11.2 Å². The number of hydrogen-bond acceptors (Lipinski definition) is 0. The topological polar surface area (TPSA) is 0 Å². The normalized spacial score (nSPS) is 28.9. The first-order valence-corrected chi connectivity index (χ1v) is 10.9. The first-order chi connectivity index (χ1) is 8.74. The third-order valence-corrected chi connectivity index (χ3v) is 6.98. The van der Waals surface area contributed by atoms with Gasteiger partial charge >= 0.3 is 0 Å². The molecular weight excluding hydrogens is 255 g/mol. The van der Waals surface area contributed by atoms with Crippen LogP contribution in [-0.2, 0) is 0 Å². The third-order valence-electron chi connectivity index (χ3n) is 4.99. The molecule has 0 amide bonds. The second kappa shape index (κ2) is 7.19. The molecule has 0 nitrogen and oxygen atoms in total. The maximum atomic E-state index is 6.60. The van der Waals surface area contributed by atoms with Gasteiger partial charge in [-0.1, -0.05) is 82.5 Å². The number of unbranched alkanes of at least 4 members (excludes halogenated alkanes) is 2. The van der Waals surface area contributed by atoms with Crippen LogP contribution in [0, 0.1) is 0 Å². The minimum atomic E-state index is -0.760. The van der Waals surface area contributed by atoms with Crippen LogP contribution in [-0.4, -0.2) is 14.8 Å². The van der Waals surface area contributed by atoms with E-state index in [9.17, 15) is 0 Å². The molecule has 3 heteroatoms. The molecule has 2 bridgehead atoms. The first-order valence-electron chi connectivity index (χ1n) is 7.93. The standard InChI is InChI=1S/C15H27BClSi/c1-3-4-5-12-15(18(2)17)16-13-8-6-9-14(16)11-7-10-13/h12-14H,3-11H2,1-2H3/b15-12-. The summed E-state index contributed by atoms with van der Waals surface area (Å²) in [6.07, 6.45) is 15.3. The fourth-order valence-electron chi connectivity index (χ4n) is 4.15. The first kappa shape index (κ1) is 14.7. The molecular formula is C15H27BClSi. The molecule has 18 heavy (non-hydrogen) atoms. The lowest BCUT2D eigenvalue weighted by Gasteiger charge is -2.42. The van der Waals surface area contributed by atoms with Crippen molar-refractivity contribution in [3.63, 3.8) is 0 Å². The summed E-state index contributed by atoms with van der Waals surface area (Å²) in [7, 11) is -0.760. The zero-order valence-electron chi connectivity index (χ0n) is 12.1. The van der Waals surface area contributed by atoms with Crippen molar-refractivity contribution in [2.45, 2.75) is 82.9 Å². The Balaban J connectivity index is 2.11. The van der Waals surface area contributed by atoms with Crippen molar-refractivity contribution >= 4 is 25.9 Å². The predicted molar refractivity (Wildman–Crippen MR) is 86.0 cm³/mol. The minimum absolute atomic E-state index is 0.760. The Labute approximate surface area is 120 Å². The monoisotopic (exact) mass is 281 g/mol. The van der Waals surface area contributed by atoms with Crippen molar-refractivity contribution in [3.8, 4) is 0 Å². The van der Waals surface area contributed by atoms with Crippen LogP contribution in [0.1, 0.15) is 64.7 Å². The summed E-state index contributed by atoms with van der Waals surface area (Å²) >= 11 is 6.60. The molecule has 2 fully saturated rings. The van der Waals surface area contributed by atoms with Crippen LogP contribution in [0.5, 0.6) is 0 Å². The van der Waals surface area contributed by atoms with E-state index in [2.05, 4.69) is 19.5 Å². The van der Waals surface area contributed by atoms with Gasteiger partial charge in [0, 0.05) is 0 Å². The van der Waals surface area contributed by atoms with Crippen molar-refractivity contribution < 1.29 is 0 Å². The van der Waals surface area contributed by atoms with Crippen molar-refractivity contribution in [2.75, 3.05) is 0 Å². The van der Waals surface area contributed by atoms with E-state index < -0.39 is 8.11 Å². The van der Waals surface area contributed by atoms with Crippen molar-refractivity contribution in [1.82, 2.24) is 0 Å². The van der Waals surface area contributed by atoms with Crippen LogP contribution in [0.2, 0.25) is 18.2 Å². The number of allylic oxidation sites excluding steroid dienone is 1. The summed E-state index contributed by atoms with van der Waals surface area (Å²) in [5.41, 5.74) is 0. The molecule has 0 N–H and O–H groups in total. The molecule has 2 aliphatic heterocycles. The van der Waals surface area contributed by atoms with E-state index in [1.165, 1.54) is 57.8 Å². The molecule has 0 aromatic heterocycles. The Bertz CT molecular complexity index is 268. The summed E-state index contributed by atoms with van der Waals surface area (Å²) < 4.78 is 0. The quantitative estimate of drug-likeness (QED) is 0.347. The molecule has 0 aromatic carbocycles. The SMILES string of the molecule is CCCC/C=C(/B1C2CCCC1CCC2)[Si](C)Cl. The molecule has 2 aliphatic rings. The van der Waals surface area contributed by atoms with Gasteiger partial charge in [-0.3, -0.25) is 0 Å². The molecule has 0 unspecified atom stereocenters. The van der Waals surface area contributed by atoms with Gasteiger partial charge in [-0.15, -0.1) is 5.10 Å². The van der Waals surface area contributed by atoms with Gasteiger partial charge in [0.25, 0.3) is 0 Å². The lowest BCUT2D eigenvalue weighted by molar-refractivity contribution is 0.446. The highest BCUT2D eigenvalue weighted by Crippen LogP contribution is 2.49. The Kier molecular flexibility index (Phi) is 5.88. The second-order valence-corrected chi connectivity index (χ2v) is 9.59.